The lowest BCUT2D eigenvalue weighted by Crippen LogP contribution is -2.69. The van der Waals surface area contributed by atoms with Crippen LogP contribution in [0, 0.1) is 5.92 Å². The van der Waals surface area contributed by atoms with Gasteiger partial charge in [-0.1, -0.05) is 6.92 Å². The smallest absolute Gasteiger partial charge is 0.332 e. The van der Waals surface area contributed by atoms with Crippen LogP contribution in [0.15, 0.2) is 0 Å². The second-order valence-electron chi connectivity index (χ2n) is 32.9. The molecule has 51 atom stereocenters. The molecule has 55 heteroatoms. The topological polar surface area (TPSA) is 888 Å². The molecule has 0 aromatic heterocycles. The van der Waals surface area contributed by atoms with Gasteiger partial charge in [-0.3, -0.25) is 19.2 Å². The Kier molecular flexibility index (Phi) is 43.7. The molecule has 55 nitrogen and oxygen atoms in total. The van der Waals surface area contributed by atoms with Gasteiger partial charge in [0.25, 0.3) is 6.47 Å². The fraction of sp³-hybridized carbons (Fsp3) is 0.946. The molecule has 51 unspecified atom stereocenters. The summed E-state index contributed by atoms with van der Waals surface area (Å²) in [6.07, 6.45) is -66.4. The first-order chi connectivity index (χ1) is 60.7. The van der Waals surface area contributed by atoms with E-state index in [0.29, 0.717) is 0 Å². The molecule has 10 heterocycles. The number of amides is 3. The van der Waals surface area contributed by atoms with E-state index in [0.717, 1.165) is 13.8 Å². The van der Waals surface area contributed by atoms with Crippen LogP contribution in [0.5, 0.6) is 0 Å². The zero-order chi connectivity index (χ0) is 96.7. The lowest BCUT2D eigenvalue weighted by Gasteiger charge is -2.49. The summed E-state index contributed by atoms with van der Waals surface area (Å²) in [4.78, 5) is 47.0. The van der Waals surface area contributed by atoms with Crippen LogP contribution < -0.4 is 16.0 Å². The minimum absolute atomic E-state index is 0.101. The van der Waals surface area contributed by atoms with Gasteiger partial charge in [0, 0.05) is 26.7 Å². The molecule has 0 spiro atoms. The van der Waals surface area contributed by atoms with E-state index in [2.05, 4.69) is 16.0 Å². The van der Waals surface area contributed by atoms with Gasteiger partial charge in [0.15, 0.2) is 31.5 Å². The largest absolute Gasteiger partial charge is 0.410 e. The first kappa shape index (κ1) is 112. The van der Waals surface area contributed by atoms with E-state index in [-0.39, 0.29) is 13.1 Å². The van der Waals surface area contributed by atoms with Gasteiger partial charge < -0.3 is 255 Å². The summed E-state index contributed by atoms with van der Waals surface area (Å²) in [5, 5.41) is 319. The highest BCUT2D eigenvalue weighted by molar-refractivity contribution is 5.74. The van der Waals surface area contributed by atoms with Gasteiger partial charge in [0.1, 0.15) is 232 Å². The van der Waals surface area contributed by atoms with Gasteiger partial charge >= 0.3 is 5.97 Å². The van der Waals surface area contributed by atoms with Crippen molar-refractivity contribution in [3.63, 3.8) is 0 Å². The SMILES string of the molecule is CC(=O)NC1C(OC2C(C)OC(CO)C(O)C2O)OC(CO)C(O)C1O.CC(=O)NC1C(OC2C(C)OC(CO)C(O)C2O)OC(CO)C(OC2OC(CO)C(O)C(O)C2O)C1O.CC(=O)NC1C(OC2C(C)OC(CO)C(O)C2O)OC(CO)C(OC2OC(COC3(OC=O)CC(O)C(C)C(C(O)C(O)CO)O3)C(O)C(O)C2O)C1O.CC1OC(CO)C(O)C(O)C1O. The van der Waals surface area contributed by atoms with Crippen LogP contribution >= 0.6 is 0 Å². The van der Waals surface area contributed by atoms with Crippen molar-refractivity contribution in [3.05, 3.63) is 0 Å². The Balaban J connectivity index is 0.000000261. The van der Waals surface area contributed by atoms with Crippen molar-refractivity contribution in [1.82, 2.24) is 16.0 Å². The van der Waals surface area contributed by atoms with E-state index >= 15 is 0 Å². The van der Waals surface area contributed by atoms with Gasteiger partial charge in [-0.25, -0.2) is 0 Å². The van der Waals surface area contributed by atoms with E-state index in [1.807, 2.05) is 0 Å². The molecular weight excluding hydrogens is 1760 g/mol. The lowest BCUT2D eigenvalue weighted by atomic mass is 9.87. The molecule has 129 heavy (non-hydrogen) atoms. The molecule has 10 saturated heterocycles. The zero-order valence-corrected chi connectivity index (χ0v) is 71.2. The molecule has 0 aliphatic carbocycles. The first-order valence-electron chi connectivity index (χ1n) is 41.5. The summed E-state index contributed by atoms with van der Waals surface area (Å²) < 4.78 is 94.4. The van der Waals surface area contributed by atoms with Crippen LogP contribution in [0.1, 0.15) is 61.8 Å². The molecule has 10 aliphatic heterocycles. The minimum Gasteiger partial charge on any atom is -0.410 e. The van der Waals surface area contributed by atoms with Crippen LogP contribution in [-0.4, -0.2) is 554 Å². The highest BCUT2D eigenvalue weighted by atomic mass is 16.9. The number of hydrogen-bond acceptors (Lipinski definition) is 52. The van der Waals surface area contributed by atoms with E-state index in [4.69, 9.17) is 85.6 Å². The van der Waals surface area contributed by atoms with Crippen molar-refractivity contribution < 1.29 is 258 Å². The maximum absolute atomic E-state index is 12.2. The number of aliphatic hydroxyl groups excluding tert-OH is 31. The van der Waals surface area contributed by atoms with Crippen LogP contribution in [0.25, 0.3) is 0 Å². The van der Waals surface area contributed by atoms with E-state index < -0.39 is 395 Å². The third-order valence-corrected chi connectivity index (χ3v) is 23.6. The van der Waals surface area contributed by atoms with Crippen molar-refractivity contribution in [1.29, 1.82) is 0 Å². The average molecular weight is 1890 g/mol. The maximum atomic E-state index is 12.2. The summed E-state index contributed by atoms with van der Waals surface area (Å²) in [6.45, 7) is 4.13. The number of carbonyl (C=O) groups is 4. The Morgan fingerprint density at radius 3 is 0.953 bits per heavy atom. The van der Waals surface area contributed by atoms with Gasteiger partial charge in [0.05, 0.1) is 109 Å². The second kappa shape index (κ2) is 50.4. The Hall–Kier alpha value is -4.00. The standard InChI is InChI=1S/C31H53NO22.C21H37NO15.C15H27NO10.C7H14O5/c1-10-13(38)4-31(48-9-36,54-26(10)19(40)14(39)5-33)47-8-17-21(42)23(44)25(46)30(51-17)53-28-16(7-35)50-29(18(22(28)43)32-12(3)37)52-27-11(2)49-15(6-34)20(41)24(27)45;1-6-18(16(31)13(28)8(3-23)33-6)36-20-11(22-7(2)26)14(29)19(10(5-25)35-20)37-21-17(32)15(30)12(27)9(4-24)34-21;1-5-14(13(23)11(21)7(3-17)24-5)26-15-9(16-6(2)19)12(22)10(20)8(4-18)25-15;1-3-5(9)7(11)6(10)4(2-8)12-3/h9-11,13-30,33-35,38-46H,4-8H2,1-3H3,(H,32,37);6,8-21,23-25,27-32H,3-5H2,1-2H3,(H,22,26);5,7-15,17-18,20-23H,3-4H2,1-2H3,(H,16,19);3-11H,2H2,1H3. The first-order valence-corrected chi connectivity index (χ1v) is 41.5. The molecule has 34 N–H and O–H groups in total. The summed E-state index contributed by atoms with van der Waals surface area (Å²) >= 11 is 0. The molecule has 10 fully saturated rings. The molecule has 754 valence electrons. The monoisotopic (exact) mass is 1890 g/mol. The lowest BCUT2D eigenvalue weighted by molar-refractivity contribution is -0.424. The van der Waals surface area contributed by atoms with E-state index in [1.165, 1.54) is 27.7 Å². The maximum Gasteiger partial charge on any atom is 0.332 e. The quantitative estimate of drug-likeness (QED) is 0.0244. The third-order valence-electron chi connectivity index (χ3n) is 23.6. The fourth-order valence-corrected chi connectivity index (χ4v) is 16.1. The number of nitrogens with one attached hydrogen (secondary N) is 3. The highest BCUT2D eigenvalue weighted by Gasteiger charge is 2.60. The van der Waals surface area contributed by atoms with Crippen LogP contribution in [-0.2, 0) is 99.7 Å². The Labute approximate surface area is 735 Å². The fourth-order valence-electron chi connectivity index (χ4n) is 16.1. The molecule has 10 rings (SSSR count). The summed E-state index contributed by atoms with van der Waals surface area (Å²) in [6, 6.07) is -4.07. The Bertz CT molecular complexity index is 3330. The van der Waals surface area contributed by atoms with Crippen molar-refractivity contribution in [2.75, 3.05) is 66.1 Å². The zero-order valence-electron chi connectivity index (χ0n) is 71.2. The van der Waals surface area contributed by atoms with Crippen LogP contribution in [0.2, 0.25) is 0 Å². The number of rotatable bonds is 29. The van der Waals surface area contributed by atoms with Gasteiger partial charge in [-0.2, -0.15) is 0 Å². The van der Waals surface area contributed by atoms with Crippen molar-refractivity contribution in [2.24, 2.45) is 5.92 Å². The molecule has 0 radical (unpaired) electrons. The van der Waals surface area contributed by atoms with Gasteiger partial charge in [-0.05, 0) is 27.7 Å². The molecule has 0 saturated carbocycles. The molecule has 0 aromatic carbocycles. The number of ether oxygens (including phenoxy) is 17. The number of aliphatic hydroxyl groups is 31. The molecule has 0 bridgehead atoms. The Morgan fingerprint density at radius 2 is 0.620 bits per heavy atom. The highest BCUT2D eigenvalue weighted by Crippen LogP contribution is 2.41. The van der Waals surface area contributed by atoms with E-state index in [9.17, 15) is 172 Å². The van der Waals surface area contributed by atoms with E-state index in [1.54, 1.807) is 13.8 Å². The summed E-state index contributed by atoms with van der Waals surface area (Å²) in [7, 11) is 0. The summed E-state index contributed by atoms with van der Waals surface area (Å²) in [5.41, 5.74) is 0. The Morgan fingerprint density at radius 1 is 0.341 bits per heavy atom. The molecular formula is C74H131N3O52. The molecule has 0 aromatic rings. The average Bonchev–Trinajstić information content (AvgIpc) is 0.778. The minimum atomic E-state index is -2.46. The van der Waals surface area contributed by atoms with Crippen LogP contribution in [0.3, 0.4) is 0 Å². The van der Waals surface area contributed by atoms with Crippen molar-refractivity contribution in [2.45, 2.75) is 368 Å². The third kappa shape index (κ3) is 26.9. The van der Waals surface area contributed by atoms with Gasteiger partial charge in [-0.15, -0.1) is 0 Å². The number of carbonyl (C=O) groups excluding carboxylic acids is 4. The number of hydrogen-bond donors (Lipinski definition) is 34. The van der Waals surface area contributed by atoms with Gasteiger partial charge in [0.2, 0.25) is 17.7 Å². The van der Waals surface area contributed by atoms with Crippen molar-refractivity contribution in [3.8, 4) is 0 Å². The van der Waals surface area contributed by atoms with Crippen LogP contribution in [0.4, 0.5) is 0 Å². The predicted molar refractivity (Wildman–Crippen MR) is 408 cm³/mol. The predicted octanol–water partition coefficient (Wildman–Crippen LogP) is -20.7. The normalized spacial score (nSPS) is 47.7. The van der Waals surface area contributed by atoms with Crippen molar-refractivity contribution >= 4 is 24.2 Å². The molecule has 3 amide bonds. The molecule has 10 aliphatic rings. The second-order valence-corrected chi connectivity index (χ2v) is 32.9. The summed E-state index contributed by atoms with van der Waals surface area (Å²) in [5.74, 6) is -5.19.